The summed E-state index contributed by atoms with van der Waals surface area (Å²) in [6, 6.07) is 3.82. The van der Waals surface area contributed by atoms with E-state index in [0.717, 1.165) is 31.7 Å². The van der Waals surface area contributed by atoms with Gasteiger partial charge in [-0.25, -0.2) is 9.78 Å². The number of rotatable bonds is 4. The number of aromatic nitrogens is 1. The SMILES string of the molecule is CCN(C)C(=O)c1ccc(N2CCC(NC(=O)OC(C)(C)C)CC2)nc1. The van der Waals surface area contributed by atoms with Crippen LogP contribution in [-0.2, 0) is 4.74 Å². The van der Waals surface area contributed by atoms with Crippen molar-refractivity contribution in [2.24, 2.45) is 0 Å². The van der Waals surface area contributed by atoms with E-state index in [4.69, 9.17) is 4.74 Å². The Morgan fingerprint density at radius 2 is 1.96 bits per heavy atom. The summed E-state index contributed by atoms with van der Waals surface area (Å²) < 4.78 is 5.30. The van der Waals surface area contributed by atoms with Gasteiger partial charge in [0.15, 0.2) is 0 Å². The lowest BCUT2D eigenvalue weighted by atomic mass is 10.1. The van der Waals surface area contributed by atoms with Gasteiger partial charge in [0.1, 0.15) is 11.4 Å². The molecule has 7 nitrogen and oxygen atoms in total. The molecule has 144 valence electrons. The van der Waals surface area contributed by atoms with Gasteiger partial charge in [-0.3, -0.25) is 4.79 Å². The summed E-state index contributed by atoms with van der Waals surface area (Å²) in [6.45, 7) is 9.77. The Morgan fingerprint density at radius 1 is 1.31 bits per heavy atom. The summed E-state index contributed by atoms with van der Waals surface area (Å²) in [4.78, 5) is 32.3. The number of piperidine rings is 1. The van der Waals surface area contributed by atoms with E-state index in [0.29, 0.717) is 12.1 Å². The maximum Gasteiger partial charge on any atom is 0.407 e. The Labute approximate surface area is 155 Å². The molecule has 2 rings (SSSR count). The molecule has 0 saturated carbocycles. The van der Waals surface area contributed by atoms with Crippen molar-refractivity contribution in [3.63, 3.8) is 0 Å². The van der Waals surface area contributed by atoms with Gasteiger partial charge in [0.25, 0.3) is 5.91 Å². The van der Waals surface area contributed by atoms with Crippen molar-refractivity contribution in [1.29, 1.82) is 0 Å². The quantitative estimate of drug-likeness (QED) is 0.891. The number of anilines is 1. The molecule has 0 aliphatic carbocycles. The zero-order valence-corrected chi connectivity index (χ0v) is 16.4. The maximum atomic E-state index is 12.1. The van der Waals surface area contributed by atoms with E-state index in [-0.39, 0.29) is 18.0 Å². The number of pyridine rings is 1. The molecular formula is C19H30N4O3. The topological polar surface area (TPSA) is 74.8 Å². The first-order valence-electron chi connectivity index (χ1n) is 9.15. The Bertz CT molecular complexity index is 617. The minimum atomic E-state index is -0.486. The molecule has 0 atom stereocenters. The summed E-state index contributed by atoms with van der Waals surface area (Å²) in [5.74, 6) is 0.836. The van der Waals surface area contributed by atoms with E-state index in [2.05, 4.69) is 15.2 Å². The number of alkyl carbamates (subject to hydrolysis) is 1. The molecule has 1 aliphatic heterocycles. The standard InChI is InChI=1S/C19H30N4O3/c1-6-22(5)17(24)14-7-8-16(20-13-14)23-11-9-15(10-12-23)21-18(25)26-19(2,3)4/h7-8,13,15H,6,9-12H2,1-5H3,(H,21,25). The van der Waals surface area contributed by atoms with Crippen LogP contribution in [0.25, 0.3) is 0 Å². The lowest BCUT2D eigenvalue weighted by Crippen LogP contribution is -2.46. The second-order valence-electron chi connectivity index (χ2n) is 7.63. The molecule has 0 unspecified atom stereocenters. The van der Waals surface area contributed by atoms with Crippen LogP contribution in [0.5, 0.6) is 0 Å². The molecule has 1 N–H and O–H groups in total. The third-order valence-electron chi connectivity index (χ3n) is 4.36. The van der Waals surface area contributed by atoms with E-state index in [1.54, 1.807) is 18.1 Å². The van der Waals surface area contributed by atoms with Crippen LogP contribution >= 0.6 is 0 Å². The highest BCUT2D eigenvalue weighted by Crippen LogP contribution is 2.19. The highest BCUT2D eigenvalue weighted by molar-refractivity contribution is 5.93. The molecule has 7 heteroatoms. The number of nitrogens with one attached hydrogen (secondary N) is 1. The summed E-state index contributed by atoms with van der Waals surface area (Å²) in [5.41, 5.74) is 0.110. The number of carbonyl (C=O) groups is 2. The fraction of sp³-hybridized carbons (Fsp3) is 0.632. The minimum Gasteiger partial charge on any atom is -0.444 e. The lowest BCUT2D eigenvalue weighted by molar-refractivity contribution is 0.0497. The first kappa shape index (κ1) is 20.0. The number of hydrogen-bond donors (Lipinski definition) is 1. The summed E-state index contributed by atoms with van der Waals surface area (Å²) >= 11 is 0. The number of hydrogen-bond acceptors (Lipinski definition) is 5. The molecule has 0 bridgehead atoms. The third kappa shape index (κ3) is 5.61. The van der Waals surface area contributed by atoms with Crippen LogP contribution in [0.4, 0.5) is 10.6 Å². The highest BCUT2D eigenvalue weighted by atomic mass is 16.6. The van der Waals surface area contributed by atoms with Gasteiger partial charge < -0.3 is 19.9 Å². The lowest BCUT2D eigenvalue weighted by Gasteiger charge is -2.33. The van der Waals surface area contributed by atoms with Crippen LogP contribution in [-0.4, -0.2) is 60.2 Å². The van der Waals surface area contributed by atoms with E-state index in [1.165, 1.54) is 0 Å². The van der Waals surface area contributed by atoms with Gasteiger partial charge in [-0.1, -0.05) is 0 Å². The van der Waals surface area contributed by atoms with Crippen LogP contribution in [0.3, 0.4) is 0 Å². The molecule has 0 aromatic carbocycles. The fourth-order valence-electron chi connectivity index (χ4n) is 2.79. The van der Waals surface area contributed by atoms with E-state index in [1.807, 2.05) is 39.8 Å². The summed E-state index contributed by atoms with van der Waals surface area (Å²) in [7, 11) is 1.78. The van der Waals surface area contributed by atoms with Gasteiger partial charge in [-0.05, 0) is 52.7 Å². The predicted molar refractivity (Wildman–Crippen MR) is 101 cm³/mol. The molecule has 0 radical (unpaired) electrons. The highest BCUT2D eigenvalue weighted by Gasteiger charge is 2.24. The predicted octanol–water partition coefficient (Wildman–Crippen LogP) is 2.67. The van der Waals surface area contributed by atoms with Gasteiger partial charge in [0.2, 0.25) is 0 Å². The Balaban J connectivity index is 1.86. The van der Waals surface area contributed by atoms with Crippen molar-refractivity contribution in [2.75, 3.05) is 31.6 Å². The number of ether oxygens (including phenoxy) is 1. The number of carbonyl (C=O) groups excluding carboxylic acids is 2. The van der Waals surface area contributed by atoms with E-state index < -0.39 is 5.60 Å². The Kier molecular flexibility index (Phi) is 6.45. The van der Waals surface area contributed by atoms with Crippen LogP contribution < -0.4 is 10.2 Å². The van der Waals surface area contributed by atoms with Crippen LogP contribution in [0.1, 0.15) is 50.9 Å². The van der Waals surface area contributed by atoms with Crippen molar-refractivity contribution in [2.45, 2.75) is 52.2 Å². The van der Waals surface area contributed by atoms with Gasteiger partial charge in [0, 0.05) is 38.9 Å². The van der Waals surface area contributed by atoms with Crippen LogP contribution in [0.15, 0.2) is 18.3 Å². The third-order valence-corrected chi connectivity index (χ3v) is 4.36. The average molecular weight is 362 g/mol. The van der Waals surface area contributed by atoms with Crippen molar-refractivity contribution in [3.8, 4) is 0 Å². The minimum absolute atomic E-state index is 0.0215. The van der Waals surface area contributed by atoms with Crippen molar-refractivity contribution < 1.29 is 14.3 Å². The van der Waals surface area contributed by atoms with Gasteiger partial charge in [-0.2, -0.15) is 0 Å². The largest absolute Gasteiger partial charge is 0.444 e. The molecule has 1 aromatic heterocycles. The Morgan fingerprint density at radius 3 is 2.46 bits per heavy atom. The molecular weight excluding hydrogens is 332 g/mol. The molecule has 0 spiro atoms. The molecule has 1 fully saturated rings. The van der Waals surface area contributed by atoms with Crippen molar-refractivity contribution in [1.82, 2.24) is 15.2 Å². The van der Waals surface area contributed by atoms with Crippen LogP contribution in [0, 0.1) is 0 Å². The maximum absolute atomic E-state index is 12.1. The second-order valence-corrected chi connectivity index (χ2v) is 7.63. The molecule has 1 aliphatic rings. The van der Waals surface area contributed by atoms with Crippen LogP contribution in [0.2, 0.25) is 0 Å². The van der Waals surface area contributed by atoms with Gasteiger partial charge >= 0.3 is 6.09 Å². The van der Waals surface area contributed by atoms with E-state index >= 15 is 0 Å². The monoisotopic (exact) mass is 362 g/mol. The first-order valence-corrected chi connectivity index (χ1v) is 9.15. The van der Waals surface area contributed by atoms with E-state index in [9.17, 15) is 9.59 Å². The number of nitrogens with zero attached hydrogens (tertiary/aromatic N) is 3. The van der Waals surface area contributed by atoms with Gasteiger partial charge in [-0.15, -0.1) is 0 Å². The smallest absolute Gasteiger partial charge is 0.407 e. The first-order chi connectivity index (χ1) is 12.2. The molecule has 2 amide bonds. The molecule has 26 heavy (non-hydrogen) atoms. The second kappa shape index (κ2) is 8.38. The zero-order valence-electron chi connectivity index (χ0n) is 16.4. The molecule has 1 saturated heterocycles. The van der Waals surface area contributed by atoms with Crippen molar-refractivity contribution in [3.05, 3.63) is 23.9 Å². The molecule has 1 aromatic rings. The Hall–Kier alpha value is -2.31. The fourth-order valence-corrected chi connectivity index (χ4v) is 2.79. The summed E-state index contributed by atoms with van der Waals surface area (Å²) in [6.07, 6.45) is 2.94. The number of amides is 2. The van der Waals surface area contributed by atoms with Crippen molar-refractivity contribution >= 4 is 17.8 Å². The average Bonchev–Trinajstić information content (AvgIpc) is 2.59. The molecule has 2 heterocycles. The zero-order chi connectivity index (χ0) is 19.3. The summed E-state index contributed by atoms with van der Waals surface area (Å²) in [5, 5.41) is 2.93. The normalized spacial score (nSPS) is 15.5. The van der Waals surface area contributed by atoms with Gasteiger partial charge in [0.05, 0.1) is 5.56 Å².